The van der Waals surface area contributed by atoms with Crippen molar-refractivity contribution < 1.29 is 18.7 Å². The number of hydrogen-bond donors (Lipinski definition) is 1. The van der Waals surface area contributed by atoms with Gasteiger partial charge in [-0.15, -0.1) is 0 Å². The minimum absolute atomic E-state index is 0.115. The van der Waals surface area contributed by atoms with Gasteiger partial charge in [0.05, 0.1) is 19.3 Å². The van der Waals surface area contributed by atoms with E-state index in [-0.39, 0.29) is 18.2 Å². The molecular formula is C23H22N2O4. The Labute approximate surface area is 169 Å². The molecular weight excluding hydrogens is 368 g/mol. The largest absolute Gasteiger partial charge is 0.494 e. The molecule has 2 amide bonds. The van der Waals surface area contributed by atoms with E-state index in [2.05, 4.69) is 5.32 Å². The third kappa shape index (κ3) is 4.16. The molecule has 6 nitrogen and oxygen atoms in total. The van der Waals surface area contributed by atoms with Gasteiger partial charge < -0.3 is 19.4 Å². The Morgan fingerprint density at radius 1 is 1.14 bits per heavy atom. The van der Waals surface area contributed by atoms with Gasteiger partial charge in [-0.1, -0.05) is 18.2 Å². The van der Waals surface area contributed by atoms with Crippen LogP contribution in [0.2, 0.25) is 0 Å². The van der Waals surface area contributed by atoms with Gasteiger partial charge in [0.1, 0.15) is 5.75 Å². The van der Waals surface area contributed by atoms with Crippen LogP contribution < -0.4 is 15.0 Å². The first-order valence-electron chi connectivity index (χ1n) is 9.64. The summed E-state index contributed by atoms with van der Waals surface area (Å²) in [6.07, 6.45) is 2.53. The molecule has 0 bridgehead atoms. The molecule has 6 heteroatoms. The van der Waals surface area contributed by atoms with Gasteiger partial charge in [-0.3, -0.25) is 9.59 Å². The van der Waals surface area contributed by atoms with E-state index in [0.717, 1.165) is 29.0 Å². The van der Waals surface area contributed by atoms with Gasteiger partial charge in [-0.05, 0) is 60.9 Å². The molecule has 1 N–H and O–H groups in total. The molecule has 29 heavy (non-hydrogen) atoms. The summed E-state index contributed by atoms with van der Waals surface area (Å²) in [5, 5.41) is 2.92. The Balaban J connectivity index is 1.44. The van der Waals surface area contributed by atoms with E-state index in [1.54, 1.807) is 17.0 Å². The molecule has 148 valence electrons. The minimum atomic E-state index is -0.174. The average Bonchev–Trinajstić information content (AvgIpc) is 3.39. The van der Waals surface area contributed by atoms with Crippen LogP contribution in [0.3, 0.4) is 0 Å². The zero-order valence-electron chi connectivity index (χ0n) is 16.2. The van der Waals surface area contributed by atoms with Gasteiger partial charge in [0.25, 0.3) is 5.91 Å². The van der Waals surface area contributed by atoms with Crippen LogP contribution in [0.25, 0.3) is 0 Å². The third-order valence-corrected chi connectivity index (χ3v) is 4.84. The first-order chi connectivity index (χ1) is 14.1. The van der Waals surface area contributed by atoms with Crippen LogP contribution in [0.1, 0.15) is 28.6 Å². The zero-order valence-corrected chi connectivity index (χ0v) is 16.2. The number of nitrogens with one attached hydrogen (secondary N) is 1. The molecule has 0 fully saturated rings. The number of carbonyl (C=O) groups excluding carboxylic acids is 2. The second-order valence-corrected chi connectivity index (χ2v) is 6.83. The van der Waals surface area contributed by atoms with Crippen LogP contribution in [0.5, 0.6) is 5.75 Å². The van der Waals surface area contributed by atoms with Crippen molar-refractivity contribution in [2.24, 2.45) is 0 Å². The quantitative estimate of drug-likeness (QED) is 0.689. The summed E-state index contributed by atoms with van der Waals surface area (Å²) < 4.78 is 10.7. The highest BCUT2D eigenvalue weighted by molar-refractivity contribution is 6.06. The Morgan fingerprint density at radius 3 is 2.69 bits per heavy atom. The molecule has 0 unspecified atom stereocenters. The molecule has 0 aliphatic carbocycles. The first-order valence-corrected chi connectivity index (χ1v) is 9.64. The number of ether oxygens (including phenoxy) is 1. The fourth-order valence-electron chi connectivity index (χ4n) is 3.46. The van der Waals surface area contributed by atoms with Crippen LogP contribution in [0.4, 0.5) is 11.4 Å². The van der Waals surface area contributed by atoms with Crippen molar-refractivity contribution in [1.29, 1.82) is 0 Å². The standard InChI is InChI=1S/C23H22N2O4/c1-2-28-19-9-5-16(6-10-19)14-22(26)24-18-8-7-17-11-12-25(20(17)15-18)23(27)21-4-3-13-29-21/h3-10,13,15H,2,11-12,14H2,1H3,(H,24,26). The molecule has 0 saturated carbocycles. The average molecular weight is 390 g/mol. The van der Waals surface area contributed by atoms with E-state index in [0.29, 0.717) is 24.6 Å². The molecule has 0 spiro atoms. The van der Waals surface area contributed by atoms with Crippen LogP contribution in [-0.4, -0.2) is 25.0 Å². The van der Waals surface area contributed by atoms with Crippen molar-refractivity contribution in [3.63, 3.8) is 0 Å². The van der Waals surface area contributed by atoms with Crippen molar-refractivity contribution >= 4 is 23.2 Å². The van der Waals surface area contributed by atoms with E-state index in [4.69, 9.17) is 9.15 Å². The van der Waals surface area contributed by atoms with Crippen molar-refractivity contribution in [3.05, 3.63) is 77.7 Å². The van der Waals surface area contributed by atoms with Gasteiger partial charge in [0.2, 0.25) is 5.91 Å². The van der Waals surface area contributed by atoms with Crippen molar-refractivity contribution in [2.75, 3.05) is 23.4 Å². The molecule has 2 heterocycles. The maximum atomic E-state index is 12.7. The molecule has 0 radical (unpaired) electrons. The van der Waals surface area contributed by atoms with Crippen molar-refractivity contribution in [3.8, 4) is 5.75 Å². The fourth-order valence-corrected chi connectivity index (χ4v) is 3.46. The van der Waals surface area contributed by atoms with Crippen LogP contribution in [0.15, 0.2) is 65.3 Å². The van der Waals surface area contributed by atoms with E-state index in [1.807, 2.05) is 49.4 Å². The second kappa shape index (κ2) is 8.22. The van der Waals surface area contributed by atoms with Gasteiger partial charge >= 0.3 is 0 Å². The van der Waals surface area contributed by atoms with Gasteiger partial charge in [0.15, 0.2) is 5.76 Å². The highest BCUT2D eigenvalue weighted by atomic mass is 16.5. The maximum absolute atomic E-state index is 12.7. The van der Waals surface area contributed by atoms with E-state index in [9.17, 15) is 9.59 Å². The molecule has 1 aromatic heterocycles. The van der Waals surface area contributed by atoms with E-state index in [1.165, 1.54) is 6.26 Å². The fraction of sp³-hybridized carbons (Fsp3) is 0.217. The van der Waals surface area contributed by atoms with E-state index >= 15 is 0 Å². The number of nitrogens with zero attached hydrogens (tertiary/aromatic N) is 1. The highest BCUT2D eigenvalue weighted by Gasteiger charge is 2.27. The number of benzene rings is 2. The van der Waals surface area contributed by atoms with E-state index < -0.39 is 0 Å². The lowest BCUT2D eigenvalue weighted by molar-refractivity contribution is -0.115. The lowest BCUT2D eigenvalue weighted by Crippen LogP contribution is -2.28. The van der Waals surface area contributed by atoms with Crippen LogP contribution >= 0.6 is 0 Å². The minimum Gasteiger partial charge on any atom is -0.494 e. The Morgan fingerprint density at radius 2 is 1.97 bits per heavy atom. The molecule has 3 aromatic rings. The van der Waals surface area contributed by atoms with Crippen LogP contribution in [0, 0.1) is 0 Å². The molecule has 2 aromatic carbocycles. The highest BCUT2D eigenvalue weighted by Crippen LogP contribution is 2.32. The zero-order chi connectivity index (χ0) is 20.2. The summed E-state index contributed by atoms with van der Waals surface area (Å²) in [4.78, 5) is 26.8. The Bertz CT molecular complexity index is 1010. The van der Waals surface area contributed by atoms with Crippen molar-refractivity contribution in [2.45, 2.75) is 19.8 Å². The second-order valence-electron chi connectivity index (χ2n) is 6.83. The number of anilines is 2. The summed E-state index contributed by atoms with van der Waals surface area (Å²) in [6, 6.07) is 16.5. The summed E-state index contributed by atoms with van der Waals surface area (Å²) in [7, 11) is 0. The molecule has 4 rings (SSSR count). The molecule has 0 saturated heterocycles. The maximum Gasteiger partial charge on any atom is 0.293 e. The summed E-state index contributed by atoms with van der Waals surface area (Å²) in [6.45, 7) is 3.14. The van der Waals surface area contributed by atoms with Gasteiger partial charge in [-0.2, -0.15) is 0 Å². The lowest BCUT2D eigenvalue weighted by atomic mass is 10.1. The SMILES string of the molecule is CCOc1ccc(CC(=O)Nc2ccc3c(c2)N(C(=O)c2ccco2)CC3)cc1. The number of fused-ring (bicyclic) bond motifs is 1. The van der Waals surface area contributed by atoms with Crippen LogP contribution in [-0.2, 0) is 17.6 Å². The topological polar surface area (TPSA) is 71.8 Å². The summed E-state index contributed by atoms with van der Waals surface area (Å²) in [5.41, 5.74) is 3.46. The normalized spacial score (nSPS) is 12.5. The Kier molecular flexibility index (Phi) is 5.33. The number of carbonyl (C=O) groups is 2. The van der Waals surface area contributed by atoms with Crippen molar-refractivity contribution in [1.82, 2.24) is 0 Å². The lowest BCUT2D eigenvalue weighted by Gasteiger charge is -2.17. The first kappa shape index (κ1) is 18.8. The number of amides is 2. The monoisotopic (exact) mass is 390 g/mol. The summed E-state index contributed by atoms with van der Waals surface area (Å²) in [5.74, 6) is 0.807. The predicted octanol–water partition coefficient (Wildman–Crippen LogP) is 4.06. The Hall–Kier alpha value is -3.54. The van der Waals surface area contributed by atoms with Gasteiger partial charge in [0, 0.05) is 17.9 Å². The molecule has 0 atom stereocenters. The number of rotatable bonds is 6. The number of hydrogen-bond acceptors (Lipinski definition) is 4. The predicted molar refractivity (Wildman–Crippen MR) is 110 cm³/mol. The third-order valence-electron chi connectivity index (χ3n) is 4.84. The molecule has 1 aliphatic rings. The molecule has 1 aliphatic heterocycles. The van der Waals surface area contributed by atoms with Gasteiger partial charge in [-0.25, -0.2) is 0 Å². The smallest absolute Gasteiger partial charge is 0.293 e. The summed E-state index contributed by atoms with van der Waals surface area (Å²) >= 11 is 0. The number of furan rings is 1.